The number of esters is 1. The van der Waals surface area contributed by atoms with Crippen LogP contribution in [0.25, 0.3) is 11.4 Å². The maximum atomic E-state index is 12.1. The molecule has 4 aromatic rings. The van der Waals surface area contributed by atoms with Crippen molar-refractivity contribution in [1.82, 2.24) is 9.97 Å². The van der Waals surface area contributed by atoms with E-state index in [0.29, 0.717) is 15.6 Å². The van der Waals surface area contributed by atoms with E-state index in [-0.39, 0.29) is 5.76 Å². The minimum atomic E-state index is -0.565. The molecule has 27 heavy (non-hydrogen) atoms. The van der Waals surface area contributed by atoms with Crippen LogP contribution in [-0.2, 0) is 0 Å². The Bertz CT molecular complexity index is 1080. The lowest BCUT2D eigenvalue weighted by molar-refractivity contribution is 0.0700. The van der Waals surface area contributed by atoms with Gasteiger partial charge in [-0.1, -0.05) is 12.1 Å². The summed E-state index contributed by atoms with van der Waals surface area (Å²) in [5.74, 6) is -0.0382. The van der Waals surface area contributed by atoms with Gasteiger partial charge in [0.05, 0.1) is 5.69 Å². The normalized spacial score (nSPS) is 10.6. The van der Waals surface area contributed by atoms with Crippen LogP contribution in [0.3, 0.4) is 0 Å². The molecule has 6 nitrogen and oxygen atoms in total. The molecule has 0 saturated heterocycles. The minimum absolute atomic E-state index is 0.125. The molecule has 134 valence electrons. The predicted octanol–water partition coefficient (Wildman–Crippen LogP) is 5.52. The second-order valence-electron chi connectivity index (χ2n) is 5.40. The second-order valence-corrected chi connectivity index (χ2v) is 7.04. The fourth-order valence-electron chi connectivity index (χ4n) is 2.31. The van der Waals surface area contributed by atoms with Crippen LogP contribution in [0.2, 0.25) is 0 Å². The number of aromatic nitrogens is 2. The number of hydrogen-bond acceptors (Lipinski definition) is 7. The third kappa shape index (κ3) is 4.24. The summed E-state index contributed by atoms with van der Waals surface area (Å²) >= 11 is 4.63. The van der Waals surface area contributed by atoms with Crippen molar-refractivity contribution < 1.29 is 13.9 Å². The summed E-state index contributed by atoms with van der Waals surface area (Å²) in [5.41, 5.74) is 2.37. The molecule has 0 radical (unpaired) electrons. The largest absolute Gasteiger partial charge is 0.442 e. The Labute approximate surface area is 167 Å². The number of ether oxygens (including phenoxy) is 1. The van der Waals surface area contributed by atoms with Gasteiger partial charge in [-0.05, 0) is 52.3 Å². The van der Waals surface area contributed by atoms with Gasteiger partial charge in [0.15, 0.2) is 9.80 Å². The number of nitrogens with zero attached hydrogens (tertiary/aromatic N) is 2. The molecule has 8 heteroatoms. The van der Waals surface area contributed by atoms with Crippen molar-refractivity contribution in [3.05, 3.63) is 76.6 Å². The van der Waals surface area contributed by atoms with E-state index in [1.54, 1.807) is 36.5 Å². The first-order chi connectivity index (χ1) is 13.2. The van der Waals surface area contributed by atoms with E-state index >= 15 is 0 Å². The zero-order valence-electron chi connectivity index (χ0n) is 13.8. The Kier molecular flexibility index (Phi) is 4.99. The first kappa shape index (κ1) is 17.4. The number of halogens is 1. The lowest BCUT2D eigenvalue weighted by atomic mass is 10.3. The van der Waals surface area contributed by atoms with E-state index in [1.165, 1.54) is 11.3 Å². The number of rotatable bonds is 5. The van der Waals surface area contributed by atoms with Gasteiger partial charge in [-0.15, -0.1) is 11.3 Å². The third-order valence-electron chi connectivity index (χ3n) is 3.50. The average molecular weight is 442 g/mol. The molecule has 4 rings (SSSR count). The number of nitrogens with one attached hydrogen (secondary N) is 1. The van der Waals surface area contributed by atoms with Gasteiger partial charge < -0.3 is 14.5 Å². The first-order valence-electron chi connectivity index (χ1n) is 7.89. The smallest absolute Gasteiger partial charge is 0.379 e. The number of carbonyl (C=O) groups is 1. The Morgan fingerprint density at radius 2 is 2.04 bits per heavy atom. The Morgan fingerprint density at radius 1 is 1.11 bits per heavy atom. The fraction of sp³-hybridized carbons (Fsp3) is 0. The molecule has 0 aliphatic carbocycles. The molecule has 0 aliphatic rings. The van der Waals surface area contributed by atoms with Crippen LogP contribution >= 0.6 is 27.3 Å². The zero-order valence-corrected chi connectivity index (χ0v) is 16.2. The summed E-state index contributed by atoms with van der Waals surface area (Å²) in [6.45, 7) is 0. The highest BCUT2D eigenvalue weighted by Gasteiger charge is 2.13. The van der Waals surface area contributed by atoms with Crippen molar-refractivity contribution in [2.45, 2.75) is 0 Å². The SMILES string of the molecule is O=C(Oc1cccc(Nc2nc(-c3ccccn3)cs2)c1)c1ccc(Br)o1. The Hall–Kier alpha value is -2.97. The number of thiazole rings is 1. The molecule has 3 aromatic heterocycles. The third-order valence-corrected chi connectivity index (χ3v) is 4.69. The van der Waals surface area contributed by atoms with Crippen LogP contribution in [-0.4, -0.2) is 15.9 Å². The molecular formula is C19H12BrN3O3S. The molecule has 0 unspecified atom stereocenters. The van der Waals surface area contributed by atoms with Crippen LogP contribution in [0.5, 0.6) is 5.75 Å². The highest BCUT2D eigenvalue weighted by molar-refractivity contribution is 9.10. The minimum Gasteiger partial charge on any atom is -0.442 e. The van der Waals surface area contributed by atoms with Crippen molar-refractivity contribution in [2.75, 3.05) is 5.32 Å². The van der Waals surface area contributed by atoms with E-state index < -0.39 is 5.97 Å². The summed E-state index contributed by atoms with van der Waals surface area (Å²) in [7, 11) is 0. The number of anilines is 2. The molecule has 1 aromatic carbocycles. The van der Waals surface area contributed by atoms with E-state index in [4.69, 9.17) is 9.15 Å². The molecule has 0 fully saturated rings. The van der Waals surface area contributed by atoms with Crippen LogP contribution in [0, 0.1) is 0 Å². The number of pyridine rings is 1. The van der Waals surface area contributed by atoms with Gasteiger partial charge in [0.1, 0.15) is 11.4 Å². The van der Waals surface area contributed by atoms with Crippen molar-refractivity contribution >= 4 is 44.1 Å². The maximum absolute atomic E-state index is 12.1. The van der Waals surface area contributed by atoms with Crippen molar-refractivity contribution in [3.8, 4) is 17.1 Å². The lowest BCUT2D eigenvalue weighted by Gasteiger charge is -2.06. The fourth-order valence-corrected chi connectivity index (χ4v) is 3.34. The number of benzene rings is 1. The Morgan fingerprint density at radius 3 is 2.81 bits per heavy atom. The summed E-state index contributed by atoms with van der Waals surface area (Å²) in [4.78, 5) is 20.9. The second kappa shape index (κ2) is 7.73. The van der Waals surface area contributed by atoms with Gasteiger partial charge >= 0.3 is 5.97 Å². The van der Waals surface area contributed by atoms with Gasteiger partial charge in [0.2, 0.25) is 5.76 Å². The lowest BCUT2D eigenvalue weighted by Crippen LogP contribution is -2.07. The van der Waals surface area contributed by atoms with Gasteiger partial charge in [-0.25, -0.2) is 9.78 Å². The van der Waals surface area contributed by atoms with Gasteiger partial charge in [-0.2, -0.15) is 0 Å². The molecular weight excluding hydrogens is 430 g/mol. The van der Waals surface area contributed by atoms with Crippen LogP contribution in [0.15, 0.2) is 75.3 Å². The van der Waals surface area contributed by atoms with Crippen molar-refractivity contribution in [3.63, 3.8) is 0 Å². The first-order valence-corrected chi connectivity index (χ1v) is 9.56. The summed E-state index contributed by atoms with van der Waals surface area (Å²) < 4.78 is 11.0. The number of carbonyl (C=O) groups excluding carboxylic acids is 1. The molecule has 0 aliphatic heterocycles. The molecule has 1 N–H and O–H groups in total. The molecule has 3 heterocycles. The van der Waals surface area contributed by atoms with E-state index in [0.717, 1.165) is 17.1 Å². The maximum Gasteiger partial charge on any atom is 0.379 e. The molecule has 0 atom stereocenters. The monoisotopic (exact) mass is 441 g/mol. The molecule has 0 spiro atoms. The zero-order chi connectivity index (χ0) is 18.6. The standard InChI is InChI=1S/C19H12BrN3O3S/c20-17-8-7-16(26-17)18(24)25-13-5-3-4-12(10-13)22-19-23-15(11-27-19)14-6-1-2-9-21-14/h1-11H,(H,22,23). The molecule has 0 bridgehead atoms. The molecule has 0 saturated carbocycles. The Balaban J connectivity index is 1.47. The van der Waals surface area contributed by atoms with Crippen molar-refractivity contribution in [2.24, 2.45) is 0 Å². The molecule has 0 amide bonds. The topological polar surface area (TPSA) is 77.2 Å². The highest BCUT2D eigenvalue weighted by atomic mass is 79.9. The summed E-state index contributed by atoms with van der Waals surface area (Å²) in [6, 6.07) is 15.9. The van der Waals surface area contributed by atoms with E-state index in [9.17, 15) is 4.79 Å². The summed E-state index contributed by atoms with van der Waals surface area (Å²) in [5, 5.41) is 5.86. The van der Waals surface area contributed by atoms with Crippen LogP contribution in [0.1, 0.15) is 10.6 Å². The van der Waals surface area contributed by atoms with Crippen LogP contribution < -0.4 is 10.1 Å². The van der Waals surface area contributed by atoms with E-state index in [2.05, 4.69) is 31.2 Å². The highest BCUT2D eigenvalue weighted by Crippen LogP contribution is 2.27. The average Bonchev–Trinajstić information content (AvgIpc) is 3.32. The van der Waals surface area contributed by atoms with Crippen molar-refractivity contribution in [1.29, 1.82) is 0 Å². The van der Waals surface area contributed by atoms with Gasteiger partial charge in [-0.3, -0.25) is 4.98 Å². The van der Waals surface area contributed by atoms with Gasteiger partial charge in [0.25, 0.3) is 0 Å². The van der Waals surface area contributed by atoms with Crippen LogP contribution in [0.4, 0.5) is 10.8 Å². The van der Waals surface area contributed by atoms with E-state index in [1.807, 2.05) is 29.6 Å². The van der Waals surface area contributed by atoms with Gasteiger partial charge in [0, 0.05) is 23.3 Å². The number of furan rings is 1. The quantitative estimate of drug-likeness (QED) is 0.324. The number of hydrogen-bond donors (Lipinski definition) is 1. The summed E-state index contributed by atoms with van der Waals surface area (Å²) in [6.07, 6.45) is 1.73. The predicted molar refractivity (Wildman–Crippen MR) is 106 cm³/mol.